The predicted molar refractivity (Wildman–Crippen MR) is 65.1 cm³/mol. The van der Waals surface area contributed by atoms with Crippen molar-refractivity contribution in [1.82, 2.24) is 0 Å². The SMILES string of the molecule is O=C(COCC1CCOCC1)c1cc(F)ccc1F. The molecule has 0 radical (unpaired) electrons. The van der Waals surface area contributed by atoms with Crippen LogP contribution in [0.5, 0.6) is 0 Å². The molecule has 19 heavy (non-hydrogen) atoms. The molecule has 0 amide bonds. The van der Waals surface area contributed by atoms with Gasteiger partial charge in [0.1, 0.15) is 18.2 Å². The molecule has 2 rings (SSSR count). The number of carbonyl (C=O) groups excluding carboxylic acids is 1. The molecule has 0 bridgehead atoms. The van der Waals surface area contributed by atoms with Crippen molar-refractivity contribution in [1.29, 1.82) is 0 Å². The van der Waals surface area contributed by atoms with Crippen LogP contribution in [-0.2, 0) is 9.47 Å². The van der Waals surface area contributed by atoms with Crippen LogP contribution in [0.3, 0.4) is 0 Å². The van der Waals surface area contributed by atoms with E-state index in [-0.39, 0.29) is 12.2 Å². The average Bonchev–Trinajstić information content (AvgIpc) is 2.42. The highest BCUT2D eigenvalue weighted by Gasteiger charge is 2.16. The van der Waals surface area contributed by atoms with Crippen molar-refractivity contribution in [2.45, 2.75) is 12.8 Å². The molecule has 0 unspecified atom stereocenters. The average molecular weight is 270 g/mol. The van der Waals surface area contributed by atoms with Crippen LogP contribution in [0.25, 0.3) is 0 Å². The van der Waals surface area contributed by atoms with E-state index in [9.17, 15) is 13.6 Å². The molecule has 0 saturated carbocycles. The number of Topliss-reactive ketones (excluding diaryl/α,β-unsaturated/α-hetero) is 1. The number of halogens is 2. The molecular formula is C14H16F2O3. The fourth-order valence-corrected chi connectivity index (χ4v) is 2.02. The van der Waals surface area contributed by atoms with Crippen molar-refractivity contribution in [3.63, 3.8) is 0 Å². The van der Waals surface area contributed by atoms with E-state index in [1.807, 2.05) is 0 Å². The molecule has 1 heterocycles. The zero-order chi connectivity index (χ0) is 13.7. The number of benzene rings is 1. The standard InChI is InChI=1S/C14H16F2O3/c15-11-1-2-13(16)12(7-11)14(17)9-19-8-10-3-5-18-6-4-10/h1-2,7,10H,3-6,8-9H2. The molecule has 0 aromatic heterocycles. The van der Waals surface area contributed by atoms with Gasteiger partial charge >= 0.3 is 0 Å². The van der Waals surface area contributed by atoms with Crippen LogP contribution < -0.4 is 0 Å². The van der Waals surface area contributed by atoms with Crippen molar-refractivity contribution in [2.24, 2.45) is 5.92 Å². The first-order valence-corrected chi connectivity index (χ1v) is 6.30. The summed E-state index contributed by atoms with van der Waals surface area (Å²) in [6.45, 7) is 1.64. The minimum atomic E-state index is -0.721. The van der Waals surface area contributed by atoms with Gasteiger partial charge in [-0.15, -0.1) is 0 Å². The topological polar surface area (TPSA) is 35.5 Å². The van der Waals surface area contributed by atoms with Gasteiger partial charge in [0.25, 0.3) is 0 Å². The maximum Gasteiger partial charge on any atom is 0.191 e. The smallest absolute Gasteiger partial charge is 0.191 e. The molecule has 0 N–H and O–H groups in total. The normalized spacial score (nSPS) is 16.5. The van der Waals surface area contributed by atoms with E-state index in [0.29, 0.717) is 25.7 Å². The van der Waals surface area contributed by atoms with Gasteiger partial charge in [-0.25, -0.2) is 8.78 Å². The molecule has 104 valence electrons. The van der Waals surface area contributed by atoms with Gasteiger partial charge in [-0.2, -0.15) is 0 Å². The van der Waals surface area contributed by atoms with Crippen molar-refractivity contribution < 1.29 is 23.0 Å². The highest BCUT2D eigenvalue weighted by atomic mass is 19.1. The zero-order valence-corrected chi connectivity index (χ0v) is 10.5. The van der Waals surface area contributed by atoms with E-state index in [0.717, 1.165) is 31.0 Å². The van der Waals surface area contributed by atoms with Crippen LogP contribution in [0.4, 0.5) is 8.78 Å². The largest absolute Gasteiger partial charge is 0.381 e. The maximum atomic E-state index is 13.3. The van der Waals surface area contributed by atoms with E-state index < -0.39 is 17.4 Å². The molecule has 1 saturated heterocycles. The molecule has 1 aliphatic rings. The molecule has 0 aliphatic carbocycles. The van der Waals surface area contributed by atoms with Crippen molar-refractivity contribution >= 4 is 5.78 Å². The lowest BCUT2D eigenvalue weighted by Gasteiger charge is -2.21. The first-order valence-electron chi connectivity index (χ1n) is 6.30. The van der Waals surface area contributed by atoms with Crippen LogP contribution in [0, 0.1) is 17.6 Å². The van der Waals surface area contributed by atoms with Gasteiger partial charge in [0.15, 0.2) is 5.78 Å². The first-order chi connectivity index (χ1) is 9.16. The molecule has 1 aromatic carbocycles. The van der Waals surface area contributed by atoms with Crippen molar-refractivity contribution in [3.05, 3.63) is 35.4 Å². The van der Waals surface area contributed by atoms with E-state index >= 15 is 0 Å². The third-order valence-corrected chi connectivity index (χ3v) is 3.16. The highest BCUT2D eigenvalue weighted by Crippen LogP contribution is 2.15. The van der Waals surface area contributed by atoms with Crippen molar-refractivity contribution in [2.75, 3.05) is 26.4 Å². The van der Waals surface area contributed by atoms with Crippen LogP contribution in [0.1, 0.15) is 23.2 Å². The minimum absolute atomic E-state index is 0.224. The number of carbonyl (C=O) groups is 1. The Morgan fingerprint density at radius 1 is 1.32 bits per heavy atom. The maximum absolute atomic E-state index is 13.3. The zero-order valence-electron chi connectivity index (χ0n) is 10.5. The molecule has 1 fully saturated rings. The lowest BCUT2D eigenvalue weighted by Crippen LogP contribution is -2.22. The van der Waals surface area contributed by atoms with Crippen LogP contribution in [0.2, 0.25) is 0 Å². The van der Waals surface area contributed by atoms with Gasteiger partial charge in [0.2, 0.25) is 0 Å². The Bertz CT molecular complexity index is 442. The fourth-order valence-electron chi connectivity index (χ4n) is 2.02. The van der Waals surface area contributed by atoms with E-state index in [1.54, 1.807) is 0 Å². The summed E-state index contributed by atoms with van der Waals surface area (Å²) in [6, 6.07) is 2.82. The first kappa shape index (κ1) is 14.1. The van der Waals surface area contributed by atoms with Crippen LogP contribution in [-0.4, -0.2) is 32.2 Å². The van der Waals surface area contributed by atoms with E-state index in [1.165, 1.54) is 0 Å². The van der Waals surface area contributed by atoms with Crippen LogP contribution >= 0.6 is 0 Å². The predicted octanol–water partition coefficient (Wildman–Crippen LogP) is 2.59. The second-order valence-corrected chi connectivity index (χ2v) is 4.62. The molecule has 1 aliphatic heterocycles. The quantitative estimate of drug-likeness (QED) is 0.771. The molecule has 1 aromatic rings. The molecular weight excluding hydrogens is 254 g/mol. The Kier molecular flexibility index (Phi) is 4.99. The Morgan fingerprint density at radius 3 is 2.79 bits per heavy atom. The summed E-state index contributed by atoms with van der Waals surface area (Å²) < 4.78 is 36.8. The van der Waals surface area contributed by atoms with Crippen molar-refractivity contribution in [3.8, 4) is 0 Å². The monoisotopic (exact) mass is 270 g/mol. The Labute approximate surface area is 110 Å². The molecule has 0 atom stereocenters. The Morgan fingerprint density at radius 2 is 2.05 bits per heavy atom. The summed E-state index contributed by atoms with van der Waals surface area (Å²) in [5.74, 6) is -1.52. The molecule has 5 heteroatoms. The number of ketones is 1. The third-order valence-electron chi connectivity index (χ3n) is 3.16. The lowest BCUT2D eigenvalue weighted by molar-refractivity contribution is 0.0215. The number of ether oxygens (including phenoxy) is 2. The van der Waals surface area contributed by atoms with Crippen LogP contribution in [0.15, 0.2) is 18.2 Å². The summed E-state index contributed by atoms with van der Waals surface area (Å²) in [5.41, 5.74) is -0.257. The summed E-state index contributed by atoms with van der Waals surface area (Å²) in [4.78, 5) is 11.7. The van der Waals surface area contributed by atoms with Gasteiger partial charge < -0.3 is 9.47 Å². The molecule has 3 nitrogen and oxygen atoms in total. The number of hydrogen-bond donors (Lipinski definition) is 0. The fraction of sp³-hybridized carbons (Fsp3) is 0.500. The second-order valence-electron chi connectivity index (χ2n) is 4.62. The summed E-state index contributed by atoms with van der Waals surface area (Å²) in [5, 5.41) is 0. The van der Waals surface area contributed by atoms with Gasteiger partial charge in [-0.05, 0) is 37.0 Å². The summed E-state index contributed by atoms with van der Waals surface area (Å²) in [7, 11) is 0. The third kappa shape index (κ3) is 4.08. The Balaban J connectivity index is 1.82. The van der Waals surface area contributed by atoms with Gasteiger partial charge in [0.05, 0.1) is 12.2 Å². The van der Waals surface area contributed by atoms with Gasteiger partial charge in [0, 0.05) is 13.2 Å². The van der Waals surface area contributed by atoms with E-state index in [2.05, 4.69) is 0 Å². The number of rotatable bonds is 5. The van der Waals surface area contributed by atoms with Gasteiger partial charge in [-0.3, -0.25) is 4.79 Å². The summed E-state index contributed by atoms with van der Waals surface area (Å²) >= 11 is 0. The minimum Gasteiger partial charge on any atom is -0.381 e. The van der Waals surface area contributed by atoms with Gasteiger partial charge in [-0.1, -0.05) is 0 Å². The molecule has 0 spiro atoms. The second kappa shape index (κ2) is 6.73. The number of hydrogen-bond acceptors (Lipinski definition) is 3. The van der Waals surface area contributed by atoms with E-state index in [4.69, 9.17) is 9.47 Å². The summed E-state index contributed by atoms with van der Waals surface area (Å²) in [6.07, 6.45) is 1.81. The lowest BCUT2D eigenvalue weighted by atomic mass is 10.0. The highest BCUT2D eigenvalue weighted by molar-refractivity contribution is 5.97. The Hall–Kier alpha value is -1.33.